The van der Waals surface area contributed by atoms with Crippen LogP contribution in [0.2, 0.25) is 5.02 Å². The summed E-state index contributed by atoms with van der Waals surface area (Å²) in [6, 6.07) is 6.57. The van der Waals surface area contributed by atoms with Gasteiger partial charge in [0.15, 0.2) is 11.5 Å². The predicted octanol–water partition coefficient (Wildman–Crippen LogP) is 5.02. The lowest BCUT2D eigenvalue weighted by atomic mass is 10.2. The summed E-state index contributed by atoms with van der Waals surface area (Å²) in [5.74, 6) is -1.76. The molecule has 11 heteroatoms. The Kier molecular flexibility index (Phi) is 7.24. The fraction of sp³-hybridized carbons (Fsp3) is 0.150. The molecule has 1 aliphatic rings. The van der Waals surface area contributed by atoms with Gasteiger partial charge in [0.1, 0.15) is 12.4 Å². The van der Waals surface area contributed by atoms with Gasteiger partial charge in [-0.1, -0.05) is 27.5 Å². The fourth-order valence-electron chi connectivity index (χ4n) is 2.64. The second-order valence-electron chi connectivity index (χ2n) is 6.22. The third-order valence-electron chi connectivity index (χ3n) is 4.04. The van der Waals surface area contributed by atoms with Gasteiger partial charge in [-0.15, -0.1) is 0 Å². The molecule has 1 aliphatic heterocycles. The first-order valence-corrected chi connectivity index (χ1v) is 10.8. The molecule has 3 rings (SSSR count). The van der Waals surface area contributed by atoms with Crippen molar-refractivity contribution in [1.29, 1.82) is 0 Å². The van der Waals surface area contributed by atoms with Crippen molar-refractivity contribution in [2.75, 3.05) is 18.5 Å². The van der Waals surface area contributed by atoms with E-state index in [9.17, 15) is 23.9 Å². The second kappa shape index (κ2) is 9.71. The van der Waals surface area contributed by atoms with Crippen LogP contribution in [0.5, 0.6) is 11.5 Å². The molecule has 0 atom stereocenters. The molecule has 2 N–H and O–H groups in total. The van der Waals surface area contributed by atoms with Gasteiger partial charge in [-0.05, 0) is 60.7 Å². The van der Waals surface area contributed by atoms with Gasteiger partial charge in [-0.2, -0.15) is 0 Å². The SMILES string of the molecule is CCOc1cc(/C=C2\SC(=O)N(CC(=O)Nc3ccc(F)c(Cl)c3)C2=O)c(Br)cc1O. The zero-order valence-electron chi connectivity index (χ0n) is 15.9. The van der Waals surface area contributed by atoms with Crippen molar-refractivity contribution in [3.63, 3.8) is 0 Å². The number of imide groups is 1. The van der Waals surface area contributed by atoms with Gasteiger partial charge in [-0.3, -0.25) is 19.3 Å². The van der Waals surface area contributed by atoms with E-state index in [2.05, 4.69) is 21.2 Å². The van der Waals surface area contributed by atoms with Crippen LogP contribution in [0.1, 0.15) is 12.5 Å². The van der Waals surface area contributed by atoms with Crippen LogP contribution in [0.15, 0.2) is 39.7 Å². The van der Waals surface area contributed by atoms with Gasteiger partial charge in [0.25, 0.3) is 11.1 Å². The van der Waals surface area contributed by atoms with E-state index in [-0.39, 0.29) is 27.1 Å². The van der Waals surface area contributed by atoms with E-state index in [0.29, 0.717) is 28.4 Å². The normalized spacial score (nSPS) is 15.0. The van der Waals surface area contributed by atoms with Gasteiger partial charge in [0.2, 0.25) is 5.91 Å². The number of hydrogen-bond acceptors (Lipinski definition) is 6. The van der Waals surface area contributed by atoms with E-state index in [1.807, 2.05) is 0 Å². The Morgan fingerprint density at radius 2 is 2.10 bits per heavy atom. The smallest absolute Gasteiger partial charge is 0.294 e. The molecule has 31 heavy (non-hydrogen) atoms. The zero-order valence-corrected chi connectivity index (χ0v) is 19.1. The summed E-state index contributed by atoms with van der Waals surface area (Å²) in [5, 5.41) is 11.6. The zero-order chi connectivity index (χ0) is 22.7. The highest BCUT2D eigenvalue weighted by Crippen LogP contribution is 2.37. The lowest BCUT2D eigenvalue weighted by Gasteiger charge is -2.12. The van der Waals surface area contributed by atoms with Crippen LogP contribution in [-0.2, 0) is 9.59 Å². The molecule has 0 saturated carbocycles. The Labute approximate surface area is 194 Å². The van der Waals surface area contributed by atoms with Gasteiger partial charge in [-0.25, -0.2) is 4.39 Å². The molecule has 0 unspecified atom stereocenters. The number of nitrogens with zero attached hydrogens (tertiary/aromatic N) is 1. The van der Waals surface area contributed by atoms with Crippen molar-refractivity contribution < 1.29 is 28.6 Å². The molecular formula is C20H15BrClFN2O5S. The molecule has 0 aliphatic carbocycles. The maximum Gasteiger partial charge on any atom is 0.294 e. The topological polar surface area (TPSA) is 95.9 Å². The number of phenolic OH excluding ortho intramolecular Hbond substituents is 1. The van der Waals surface area contributed by atoms with E-state index in [1.165, 1.54) is 30.3 Å². The van der Waals surface area contributed by atoms with Crippen molar-refractivity contribution in [2.45, 2.75) is 6.92 Å². The minimum atomic E-state index is -0.643. The third kappa shape index (κ3) is 5.38. The van der Waals surface area contributed by atoms with E-state index in [4.69, 9.17) is 16.3 Å². The van der Waals surface area contributed by atoms with E-state index in [0.717, 1.165) is 11.0 Å². The number of nitrogens with one attached hydrogen (secondary N) is 1. The maximum atomic E-state index is 13.2. The maximum absolute atomic E-state index is 13.2. The van der Waals surface area contributed by atoms with Crippen LogP contribution < -0.4 is 10.1 Å². The summed E-state index contributed by atoms with van der Waals surface area (Å²) in [5.41, 5.74) is 0.743. The van der Waals surface area contributed by atoms with Crippen molar-refractivity contribution in [2.24, 2.45) is 0 Å². The summed E-state index contributed by atoms with van der Waals surface area (Å²) in [6.07, 6.45) is 1.47. The van der Waals surface area contributed by atoms with E-state index in [1.54, 1.807) is 6.92 Å². The van der Waals surface area contributed by atoms with Crippen LogP contribution in [-0.4, -0.2) is 40.2 Å². The summed E-state index contributed by atoms with van der Waals surface area (Å²) < 4.78 is 19.1. The summed E-state index contributed by atoms with van der Waals surface area (Å²) >= 11 is 9.66. The number of ether oxygens (including phenoxy) is 1. The van der Waals surface area contributed by atoms with Crippen LogP contribution in [0.3, 0.4) is 0 Å². The molecule has 1 heterocycles. The third-order valence-corrected chi connectivity index (χ3v) is 5.93. The number of carbonyl (C=O) groups is 3. The number of amides is 3. The van der Waals surface area contributed by atoms with Gasteiger partial charge < -0.3 is 15.2 Å². The van der Waals surface area contributed by atoms with Crippen LogP contribution in [0.25, 0.3) is 6.08 Å². The quantitative estimate of drug-likeness (QED) is 0.510. The van der Waals surface area contributed by atoms with Crippen molar-refractivity contribution in [3.05, 3.63) is 56.1 Å². The van der Waals surface area contributed by atoms with Gasteiger partial charge in [0.05, 0.1) is 16.5 Å². The standard InChI is InChI=1S/C20H15BrClFN2O5S/c1-2-30-16-5-10(12(21)8-15(16)26)6-17-19(28)25(20(29)31-17)9-18(27)24-11-3-4-14(23)13(22)7-11/h3-8,26H,2,9H2,1H3,(H,24,27)/b17-6-. The summed E-state index contributed by atoms with van der Waals surface area (Å²) in [6.45, 7) is 1.58. The molecular weight excluding hydrogens is 515 g/mol. The molecule has 0 radical (unpaired) electrons. The highest BCUT2D eigenvalue weighted by molar-refractivity contribution is 9.10. The molecule has 0 spiro atoms. The van der Waals surface area contributed by atoms with E-state index >= 15 is 0 Å². The Morgan fingerprint density at radius 3 is 2.77 bits per heavy atom. The predicted molar refractivity (Wildman–Crippen MR) is 120 cm³/mol. The largest absolute Gasteiger partial charge is 0.504 e. The number of rotatable bonds is 6. The number of carbonyl (C=O) groups excluding carboxylic acids is 3. The number of phenols is 1. The van der Waals surface area contributed by atoms with Crippen LogP contribution in [0, 0.1) is 5.82 Å². The first-order valence-electron chi connectivity index (χ1n) is 8.85. The molecule has 3 amide bonds. The highest BCUT2D eigenvalue weighted by atomic mass is 79.9. The van der Waals surface area contributed by atoms with Crippen LogP contribution >= 0.6 is 39.3 Å². The Hall–Kier alpha value is -2.56. The number of anilines is 1. The van der Waals surface area contributed by atoms with E-state index < -0.39 is 29.4 Å². The molecule has 2 aromatic rings. The molecule has 2 aromatic carbocycles. The lowest BCUT2D eigenvalue weighted by molar-refractivity contribution is -0.127. The second-order valence-corrected chi connectivity index (χ2v) is 8.47. The highest BCUT2D eigenvalue weighted by Gasteiger charge is 2.36. The van der Waals surface area contributed by atoms with Gasteiger partial charge >= 0.3 is 0 Å². The van der Waals surface area contributed by atoms with Crippen molar-refractivity contribution >= 4 is 68.1 Å². The Balaban J connectivity index is 1.75. The lowest BCUT2D eigenvalue weighted by Crippen LogP contribution is -2.36. The number of aromatic hydroxyl groups is 1. The monoisotopic (exact) mass is 528 g/mol. The molecule has 1 fully saturated rings. The summed E-state index contributed by atoms with van der Waals surface area (Å²) in [4.78, 5) is 38.1. The molecule has 162 valence electrons. The average Bonchev–Trinajstić information content (AvgIpc) is 2.96. The average molecular weight is 530 g/mol. The Morgan fingerprint density at radius 1 is 1.35 bits per heavy atom. The van der Waals surface area contributed by atoms with Crippen molar-refractivity contribution in [3.8, 4) is 11.5 Å². The van der Waals surface area contributed by atoms with Gasteiger partial charge in [0, 0.05) is 10.2 Å². The number of benzene rings is 2. The number of halogens is 3. The van der Waals surface area contributed by atoms with Crippen molar-refractivity contribution in [1.82, 2.24) is 4.90 Å². The number of hydrogen-bond donors (Lipinski definition) is 2. The minimum Gasteiger partial charge on any atom is -0.504 e. The fourth-order valence-corrected chi connectivity index (χ4v) is 4.09. The molecule has 1 saturated heterocycles. The molecule has 7 nitrogen and oxygen atoms in total. The molecule has 0 aromatic heterocycles. The Bertz CT molecular complexity index is 1110. The minimum absolute atomic E-state index is 0.0726. The molecule has 0 bridgehead atoms. The first kappa shape index (κ1) is 23.1. The number of thioether (sulfide) groups is 1. The van der Waals surface area contributed by atoms with Crippen LogP contribution in [0.4, 0.5) is 14.9 Å². The first-order chi connectivity index (χ1) is 14.7. The summed E-state index contributed by atoms with van der Waals surface area (Å²) in [7, 11) is 0.